The average Bonchev–Trinajstić information content (AvgIpc) is 3.70. The van der Waals surface area contributed by atoms with Gasteiger partial charge < -0.3 is 29.6 Å². The van der Waals surface area contributed by atoms with Crippen molar-refractivity contribution in [2.75, 3.05) is 33.1 Å². The summed E-state index contributed by atoms with van der Waals surface area (Å²) in [5, 5.41) is 18.7. The normalized spacial score (nSPS) is 13.4. The third-order valence-electron chi connectivity index (χ3n) is 10.3. The van der Waals surface area contributed by atoms with Gasteiger partial charge in [0.15, 0.2) is 0 Å². The molecule has 3 heterocycles. The third-order valence-corrected chi connectivity index (χ3v) is 11.6. The Labute approximate surface area is 359 Å². The van der Waals surface area contributed by atoms with Crippen LogP contribution in [0.25, 0.3) is 32.8 Å². The molecule has 0 saturated heterocycles. The summed E-state index contributed by atoms with van der Waals surface area (Å²) in [5.41, 5.74) is 11.9. The van der Waals surface area contributed by atoms with Gasteiger partial charge in [0, 0.05) is 77.2 Å². The molecule has 6 rings (SSSR count). The van der Waals surface area contributed by atoms with Gasteiger partial charge in [-0.3, -0.25) is 19.4 Å². The van der Waals surface area contributed by atoms with E-state index >= 15 is 0 Å². The number of aromatic hydroxyl groups is 1. The Bertz CT molecular complexity index is 2500. The SMILES string of the molecule is CN=C(/C=C(\N)CN(Cc1nn2c(c1-c1c(Cl)ccc3c(CCCOC(C)=O)c(C(=O)OC)n(C)c13)CCCC2)C(=O)OC(C)(C)C)CSc1cc(O)c2ccccc2c1. The fourth-order valence-corrected chi connectivity index (χ4v) is 8.88. The zero-order valence-electron chi connectivity index (χ0n) is 35.3. The van der Waals surface area contributed by atoms with E-state index < -0.39 is 17.7 Å². The maximum atomic E-state index is 14.1. The fraction of sp³-hybridized carbons (Fsp3) is 0.400. The van der Waals surface area contributed by atoms with Gasteiger partial charge in [-0.15, -0.1) is 11.8 Å². The van der Waals surface area contributed by atoms with Crippen LogP contribution in [0.4, 0.5) is 4.79 Å². The number of hydrogen-bond acceptors (Lipinski definition) is 11. The van der Waals surface area contributed by atoms with E-state index in [1.807, 2.05) is 79.5 Å². The number of nitrogens with zero attached hydrogens (tertiary/aromatic N) is 5. The minimum Gasteiger partial charge on any atom is -0.507 e. The minimum absolute atomic E-state index is 0.0120. The lowest BCUT2D eigenvalue weighted by Crippen LogP contribution is -2.39. The molecule has 15 heteroatoms. The molecule has 0 bridgehead atoms. The van der Waals surface area contributed by atoms with Crippen LogP contribution in [0.15, 0.2) is 70.2 Å². The number of nitrogens with two attached hydrogens (primary N) is 1. The van der Waals surface area contributed by atoms with Gasteiger partial charge in [0.1, 0.15) is 17.0 Å². The average molecular weight is 857 g/mol. The Morgan fingerprint density at radius 2 is 1.87 bits per heavy atom. The Kier molecular flexibility index (Phi) is 13.8. The number of allylic oxidation sites excluding steroid dienone is 1. The number of thioether (sulfide) groups is 1. The topological polar surface area (TPSA) is 163 Å². The van der Waals surface area contributed by atoms with Crippen LogP contribution in [-0.2, 0) is 52.0 Å². The fourth-order valence-electron chi connectivity index (χ4n) is 7.70. The van der Waals surface area contributed by atoms with E-state index in [0.717, 1.165) is 62.7 Å². The van der Waals surface area contributed by atoms with Crippen molar-refractivity contribution >= 4 is 68.8 Å². The number of hydrogen-bond donors (Lipinski definition) is 2. The lowest BCUT2D eigenvalue weighted by Gasteiger charge is -2.27. The van der Waals surface area contributed by atoms with Crippen LogP contribution < -0.4 is 5.73 Å². The predicted octanol–water partition coefficient (Wildman–Crippen LogP) is 8.62. The molecular formula is C45H53ClN6O7S. The molecule has 0 aliphatic carbocycles. The van der Waals surface area contributed by atoms with Crippen molar-refractivity contribution < 1.29 is 33.7 Å². The molecule has 13 nitrogen and oxygen atoms in total. The zero-order valence-corrected chi connectivity index (χ0v) is 36.8. The van der Waals surface area contributed by atoms with Crippen molar-refractivity contribution in [3.63, 3.8) is 0 Å². The molecule has 5 aromatic rings. The van der Waals surface area contributed by atoms with Crippen LogP contribution in [0, 0.1) is 0 Å². The molecule has 318 valence electrons. The largest absolute Gasteiger partial charge is 0.507 e. The molecule has 0 radical (unpaired) electrons. The molecule has 3 N–H and O–H groups in total. The number of phenolic OH excluding ortho intramolecular Hbond substituents is 1. The number of fused-ring (bicyclic) bond motifs is 3. The van der Waals surface area contributed by atoms with E-state index in [1.165, 1.54) is 30.7 Å². The number of esters is 2. The second kappa shape index (κ2) is 18.8. The summed E-state index contributed by atoms with van der Waals surface area (Å²) in [6.07, 6.45) is 4.74. The molecule has 2 aromatic heterocycles. The summed E-state index contributed by atoms with van der Waals surface area (Å²) in [6.45, 7) is 7.74. The van der Waals surface area contributed by atoms with Crippen molar-refractivity contribution in [2.45, 2.75) is 83.4 Å². The lowest BCUT2D eigenvalue weighted by atomic mass is 9.95. The van der Waals surface area contributed by atoms with Crippen LogP contribution in [0.2, 0.25) is 5.02 Å². The molecule has 0 spiro atoms. The van der Waals surface area contributed by atoms with Crippen LogP contribution in [-0.4, -0.2) is 86.8 Å². The van der Waals surface area contributed by atoms with E-state index in [2.05, 4.69) is 4.99 Å². The number of carbonyl (C=O) groups is 3. The summed E-state index contributed by atoms with van der Waals surface area (Å²) in [7, 11) is 4.85. The second-order valence-corrected chi connectivity index (χ2v) is 17.3. The first-order valence-corrected chi connectivity index (χ1v) is 21.3. The third kappa shape index (κ3) is 9.93. The van der Waals surface area contributed by atoms with Gasteiger partial charge in [-0.25, -0.2) is 9.59 Å². The van der Waals surface area contributed by atoms with E-state index in [9.17, 15) is 19.5 Å². The molecule has 0 atom stereocenters. The first-order chi connectivity index (χ1) is 28.6. The van der Waals surface area contributed by atoms with Gasteiger partial charge >= 0.3 is 18.0 Å². The van der Waals surface area contributed by atoms with Gasteiger partial charge in [-0.2, -0.15) is 5.10 Å². The van der Waals surface area contributed by atoms with Gasteiger partial charge in [-0.1, -0.05) is 41.9 Å². The Balaban J connectivity index is 1.38. The molecule has 1 aliphatic rings. The van der Waals surface area contributed by atoms with Gasteiger partial charge in [0.2, 0.25) is 0 Å². The quantitative estimate of drug-likeness (QED) is 0.0364. The molecule has 3 aromatic carbocycles. The second-order valence-electron chi connectivity index (χ2n) is 15.8. The number of methoxy groups -OCH3 is 1. The van der Waals surface area contributed by atoms with Crippen LogP contribution in [0.3, 0.4) is 0 Å². The van der Waals surface area contributed by atoms with Crippen molar-refractivity contribution in [2.24, 2.45) is 17.8 Å². The van der Waals surface area contributed by atoms with E-state index in [1.54, 1.807) is 19.2 Å². The number of benzene rings is 3. The molecule has 60 heavy (non-hydrogen) atoms. The first kappa shape index (κ1) is 44.1. The molecular weight excluding hydrogens is 804 g/mol. The molecule has 0 saturated carbocycles. The number of aryl methyl sites for hydroxylation is 3. The van der Waals surface area contributed by atoms with Crippen LogP contribution >= 0.6 is 23.4 Å². The van der Waals surface area contributed by atoms with Crippen molar-refractivity contribution in [3.8, 4) is 16.9 Å². The predicted molar refractivity (Wildman–Crippen MR) is 237 cm³/mol. The first-order valence-electron chi connectivity index (χ1n) is 19.9. The van der Waals surface area contributed by atoms with E-state index in [0.29, 0.717) is 58.5 Å². The van der Waals surface area contributed by atoms with Crippen LogP contribution in [0.5, 0.6) is 5.75 Å². The molecule has 0 unspecified atom stereocenters. The highest BCUT2D eigenvalue weighted by molar-refractivity contribution is 8.00. The number of carbonyl (C=O) groups excluding carboxylic acids is 3. The highest BCUT2D eigenvalue weighted by Gasteiger charge is 2.32. The van der Waals surface area contributed by atoms with Crippen LogP contribution in [0.1, 0.15) is 74.4 Å². The van der Waals surface area contributed by atoms with E-state index in [4.69, 9.17) is 36.6 Å². The summed E-state index contributed by atoms with van der Waals surface area (Å²) < 4.78 is 20.2. The maximum absolute atomic E-state index is 14.1. The summed E-state index contributed by atoms with van der Waals surface area (Å²) in [6, 6.07) is 15.1. The number of halogens is 1. The monoisotopic (exact) mass is 856 g/mol. The minimum atomic E-state index is -0.795. The number of aromatic nitrogens is 3. The van der Waals surface area contributed by atoms with E-state index in [-0.39, 0.29) is 31.4 Å². The number of aliphatic imine (C=N–C) groups is 1. The Morgan fingerprint density at radius 1 is 1.10 bits per heavy atom. The smallest absolute Gasteiger partial charge is 0.410 e. The van der Waals surface area contributed by atoms with Crippen molar-refractivity contribution in [1.29, 1.82) is 0 Å². The Morgan fingerprint density at radius 3 is 2.58 bits per heavy atom. The maximum Gasteiger partial charge on any atom is 0.410 e. The Hall–Kier alpha value is -5.47. The zero-order chi connectivity index (χ0) is 43.3. The number of rotatable bonds is 14. The van der Waals surface area contributed by atoms with Crippen molar-refractivity contribution in [1.82, 2.24) is 19.2 Å². The van der Waals surface area contributed by atoms with Crippen molar-refractivity contribution in [3.05, 3.63) is 88.0 Å². The molecule has 0 fully saturated rings. The highest BCUT2D eigenvalue weighted by atomic mass is 35.5. The number of phenols is 1. The summed E-state index contributed by atoms with van der Waals surface area (Å²) in [5.74, 6) is -0.197. The lowest BCUT2D eigenvalue weighted by molar-refractivity contribution is -0.141. The standard InChI is InChI=1S/C45H53ClN6O7S/c1-27(53)58-20-12-15-33-34-17-18-35(46)39(41(34)50(6)42(33)43(55)57-7)40-36(49-52-19-11-10-16-37(40)52)25-51(44(56)59-45(2,3)4)24-29(47)22-30(48-5)26-60-31-21-28-13-8-9-14-32(28)38(54)23-31/h8-9,13-14,17-18,21-23,54H,10-12,15-16,19-20,24-26,47H2,1-7H3/b29-22-,48-30?. The molecule has 1 amide bonds. The summed E-state index contributed by atoms with van der Waals surface area (Å²) in [4.78, 5) is 45.9. The van der Waals surface area contributed by atoms with Gasteiger partial charge in [0.05, 0.1) is 43.0 Å². The highest BCUT2D eigenvalue weighted by Crippen LogP contribution is 2.43. The molecule has 1 aliphatic heterocycles. The van der Waals surface area contributed by atoms with Gasteiger partial charge in [-0.05, 0) is 88.1 Å². The number of ether oxygens (including phenoxy) is 3. The number of amides is 1. The summed E-state index contributed by atoms with van der Waals surface area (Å²) >= 11 is 8.70. The van der Waals surface area contributed by atoms with Gasteiger partial charge in [0.25, 0.3) is 0 Å².